The van der Waals surface area contributed by atoms with Crippen LogP contribution in [0, 0.1) is 0 Å². The van der Waals surface area contributed by atoms with Crippen LogP contribution < -0.4 is 5.32 Å². The maximum atomic E-state index is 3.48. The highest BCUT2D eigenvalue weighted by molar-refractivity contribution is 7.10. The van der Waals surface area contributed by atoms with Crippen molar-refractivity contribution in [3.8, 4) is 0 Å². The van der Waals surface area contributed by atoms with Crippen LogP contribution in [-0.2, 0) is 0 Å². The molecule has 0 saturated carbocycles. The summed E-state index contributed by atoms with van der Waals surface area (Å²) in [5, 5.41) is 5.65. The molecule has 13 heavy (non-hydrogen) atoms. The van der Waals surface area contributed by atoms with Gasteiger partial charge in [-0.2, -0.15) is 0 Å². The van der Waals surface area contributed by atoms with E-state index >= 15 is 0 Å². The zero-order valence-electron chi connectivity index (χ0n) is 7.99. The average Bonchev–Trinajstić information content (AvgIpc) is 2.56. The van der Waals surface area contributed by atoms with Gasteiger partial charge in [0.05, 0.1) is 0 Å². The number of nitrogens with one attached hydrogen (secondary N) is 1. The lowest BCUT2D eigenvalue weighted by Gasteiger charge is -2.17. The Morgan fingerprint density at radius 2 is 2.54 bits per heavy atom. The molecule has 0 amide bonds. The van der Waals surface area contributed by atoms with Crippen LogP contribution in [0.1, 0.15) is 10.8 Å². The van der Waals surface area contributed by atoms with Crippen molar-refractivity contribution < 1.29 is 0 Å². The average molecular weight is 196 g/mol. The monoisotopic (exact) mass is 196 g/mol. The van der Waals surface area contributed by atoms with E-state index in [2.05, 4.69) is 34.8 Å². The van der Waals surface area contributed by atoms with Crippen molar-refractivity contribution >= 4 is 11.3 Å². The van der Waals surface area contributed by atoms with Crippen molar-refractivity contribution in [2.24, 2.45) is 0 Å². The Hall–Kier alpha value is -0.380. The number of hydrogen-bond donors (Lipinski definition) is 1. The largest absolute Gasteiger partial charge is 0.315 e. The Morgan fingerprint density at radius 1 is 1.62 bits per heavy atom. The van der Waals surface area contributed by atoms with Gasteiger partial charge in [-0.05, 0) is 18.5 Å². The summed E-state index contributed by atoms with van der Waals surface area (Å²) in [7, 11) is 2.20. The molecule has 1 aromatic rings. The van der Waals surface area contributed by atoms with Gasteiger partial charge in [-0.3, -0.25) is 0 Å². The Bertz CT molecular complexity index is 245. The van der Waals surface area contributed by atoms with Crippen molar-refractivity contribution in [3.05, 3.63) is 22.4 Å². The van der Waals surface area contributed by atoms with E-state index in [0.29, 0.717) is 5.92 Å². The number of hydrogen-bond acceptors (Lipinski definition) is 3. The summed E-state index contributed by atoms with van der Waals surface area (Å²) in [6.07, 6.45) is 0. The summed E-state index contributed by atoms with van der Waals surface area (Å²) in [5.41, 5.74) is 0. The molecule has 2 heterocycles. The van der Waals surface area contributed by atoms with Gasteiger partial charge < -0.3 is 10.2 Å². The number of rotatable bonds is 1. The van der Waals surface area contributed by atoms with Crippen molar-refractivity contribution in [1.29, 1.82) is 0 Å². The molecule has 72 valence electrons. The van der Waals surface area contributed by atoms with E-state index in [4.69, 9.17) is 0 Å². The molecule has 0 aromatic carbocycles. The highest BCUT2D eigenvalue weighted by Gasteiger charge is 2.17. The van der Waals surface area contributed by atoms with Crippen molar-refractivity contribution in [2.75, 3.05) is 33.2 Å². The second kappa shape index (κ2) is 4.22. The lowest BCUT2D eigenvalue weighted by molar-refractivity contribution is 0.343. The van der Waals surface area contributed by atoms with Crippen LogP contribution in [0.5, 0.6) is 0 Å². The van der Waals surface area contributed by atoms with Crippen molar-refractivity contribution in [1.82, 2.24) is 10.2 Å². The van der Waals surface area contributed by atoms with Gasteiger partial charge >= 0.3 is 0 Å². The summed E-state index contributed by atoms with van der Waals surface area (Å²) in [5.74, 6) is 0.687. The van der Waals surface area contributed by atoms with E-state index in [0.717, 1.165) is 13.1 Å². The molecule has 1 atom stereocenters. The third kappa shape index (κ3) is 2.30. The Labute approximate surface area is 83.6 Å². The highest BCUT2D eigenvalue weighted by Crippen LogP contribution is 2.22. The lowest BCUT2D eigenvalue weighted by atomic mass is 10.1. The molecule has 0 spiro atoms. The summed E-state index contributed by atoms with van der Waals surface area (Å²) < 4.78 is 0. The normalized spacial score (nSPS) is 25.8. The number of thiophene rings is 1. The maximum Gasteiger partial charge on any atom is 0.0185 e. The van der Waals surface area contributed by atoms with Gasteiger partial charge in [0.2, 0.25) is 0 Å². The fourth-order valence-corrected chi connectivity index (χ4v) is 2.61. The minimum Gasteiger partial charge on any atom is -0.315 e. The van der Waals surface area contributed by atoms with E-state index in [9.17, 15) is 0 Å². The van der Waals surface area contributed by atoms with E-state index in [1.54, 1.807) is 0 Å². The van der Waals surface area contributed by atoms with Crippen molar-refractivity contribution in [3.63, 3.8) is 0 Å². The second-order valence-corrected chi connectivity index (χ2v) is 4.66. The molecule has 1 fully saturated rings. The van der Waals surface area contributed by atoms with Gasteiger partial charge in [-0.25, -0.2) is 0 Å². The van der Waals surface area contributed by atoms with Gasteiger partial charge in [-0.15, -0.1) is 11.3 Å². The van der Waals surface area contributed by atoms with Crippen LogP contribution in [0.15, 0.2) is 17.5 Å². The minimum atomic E-state index is 0.687. The van der Waals surface area contributed by atoms with Gasteiger partial charge in [0.15, 0.2) is 0 Å². The number of likely N-dealkylation sites (N-methyl/N-ethyl adjacent to an activating group) is 1. The second-order valence-electron chi connectivity index (χ2n) is 3.68. The van der Waals surface area contributed by atoms with Crippen LogP contribution in [0.2, 0.25) is 0 Å². The molecule has 1 N–H and O–H groups in total. The first kappa shape index (κ1) is 9.19. The number of nitrogens with zero attached hydrogens (tertiary/aromatic N) is 1. The molecule has 0 aliphatic carbocycles. The summed E-state index contributed by atoms with van der Waals surface area (Å²) in [6.45, 7) is 4.61. The van der Waals surface area contributed by atoms with Gasteiger partial charge in [0, 0.05) is 37.0 Å². The predicted octanol–water partition coefficient (Wildman–Crippen LogP) is 1.37. The maximum absolute atomic E-state index is 3.48. The highest BCUT2D eigenvalue weighted by atomic mass is 32.1. The lowest BCUT2D eigenvalue weighted by Crippen LogP contribution is -2.24. The molecule has 1 unspecified atom stereocenters. The quantitative estimate of drug-likeness (QED) is 0.730. The fourth-order valence-electron chi connectivity index (χ4n) is 1.79. The van der Waals surface area contributed by atoms with E-state index in [1.165, 1.54) is 18.0 Å². The fraction of sp³-hybridized carbons (Fsp3) is 0.600. The summed E-state index contributed by atoms with van der Waals surface area (Å²) in [6, 6.07) is 4.39. The minimum absolute atomic E-state index is 0.687. The predicted molar refractivity (Wildman–Crippen MR) is 57.4 cm³/mol. The van der Waals surface area contributed by atoms with Crippen LogP contribution in [0.4, 0.5) is 0 Å². The first-order valence-corrected chi connectivity index (χ1v) is 5.67. The SMILES string of the molecule is CN1CCNCC(c2cccs2)C1. The molecule has 0 bridgehead atoms. The zero-order valence-corrected chi connectivity index (χ0v) is 8.81. The van der Waals surface area contributed by atoms with Gasteiger partial charge in [0.25, 0.3) is 0 Å². The molecular formula is C10H16N2S. The Morgan fingerprint density at radius 3 is 3.31 bits per heavy atom. The topological polar surface area (TPSA) is 15.3 Å². The summed E-state index contributed by atoms with van der Waals surface area (Å²) >= 11 is 1.87. The molecule has 1 aliphatic heterocycles. The van der Waals surface area contributed by atoms with E-state index in [-0.39, 0.29) is 0 Å². The van der Waals surface area contributed by atoms with Gasteiger partial charge in [-0.1, -0.05) is 6.07 Å². The standard InChI is InChI=1S/C10H16N2S/c1-12-5-4-11-7-9(8-12)10-3-2-6-13-10/h2-3,6,9,11H,4-5,7-8H2,1H3. The Balaban J connectivity index is 2.05. The Kier molecular flexibility index (Phi) is 2.98. The third-order valence-electron chi connectivity index (χ3n) is 2.54. The van der Waals surface area contributed by atoms with E-state index < -0.39 is 0 Å². The third-order valence-corrected chi connectivity index (χ3v) is 3.57. The molecule has 0 radical (unpaired) electrons. The molecule has 1 aliphatic rings. The smallest absolute Gasteiger partial charge is 0.0185 e. The van der Waals surface area contributed by atoms with Crippen molar-refractivity contribution in [2.45, 2.75) is 5.92 Å². The van der Waals surface area contributed by atoms with E-state index in [1.807, 2.05) is 11.3 Å². The van der Waals surface area contributed by atoms with Crippen LogP contribution in [0.25, 0.3) is 0 Å². The molecule has 2 nitrogen and oxygen atoms in total. The first-order chi connectivity index (χ1) is 6.36. The van der Waals surface area contributed by atoms with Crippen LogP contribution in [0.3, 0.4) is 0 Å². The van der Waals surface area contributed by atoms with Crippen LogP contribution in [-0.4, -0.2) is 38.1 Å². The molecule has 1 saturated heterocycles. The van der Waals surface area contributed by atoms with Crippen LogP contribution >= 0.6 is 11.3 Å². The summed E-state index contributed by atoms with van der Waals surface area (Å²) in [4.78, 5) is 3.92. The molecule has 1 aromatic heterocycles. The first-order valence-electron chi connectivity index (χ1n) is 4.79. The molecule has 3 heteroatoms. The van der Waals surface area contributed by atoms with Gasteiger partial charge in [0.1, 0.15) is 0 Å². The molecular weight excluding hydrogens is 180 g/mol. The molecule has 2 rings (SSSR count). The zero-order chi connectivity index (χ0) is 9.10.